The van der Waals surface area contributed by atoms with Gasteiger partial charge in [0.15, 0.2) is 0 Å². The van der Waals surface area contributed by atoms with Crippen LogP contribution < -0.4 is 5.32 Å². The van der Waals surface area contributed by atoms with Gasteiger partial charge in [-0.25, -0.2) is 0 Å². The molecule has 2 N–H and O–H groups in total. The molecule has 0 bridgehead atoms. The molecular formula is C8H7N3OS. The van der Waals surface area contributed by atoms with Crippen LogP contribution in [-0.2, 0) is 0 Å². The molecule has 0 aliphatic rings. The molecule has 0 spiro atoms. The smallest absolute Gasteiger partial charge is 0.209 e. The Kier molecular flexibility index (Phi) is 2.09. The standard InChI is InChI=1S/C8H7N3OS/c12-7-3-1-6(2-4-7)10-8-11-9-5-13-8/h1-5,12H,(H,10,11). The van der Waals surface area contributed by atoms with Gasteiger partial charge in [0, 0.05) is 5.69 Å². The highest BCUT2D eigenvalue weighted by Crippen LogP contribution is 2.19. The van der Waals surface area contributed by atoms with E-state index in [0.29, 0.717) is 0 Å². The quantitative estimate of drug-likeness (QED) is 0.716. The fraction of sp³-hybridized carbons (Fsp3) is 0. The van der Waals surface area contributed by atoms with Crippen molar-refractivity contribution in [1.82, 2.24) is 10.2 Å². The second kappa shape index (κ2) is 3.40. The molecule has 0 unspecified atom stereocenters. The number of hydrogen-bond donors (Lipinski definition) is 2. The van der Waals surface area contributed by atoms with Crippen LogP contribution in [0.4, 0.5) is 10.8 Å². The largest absolute Gasteiger partial charge is 0.508 e. The molecule has 13 heavy (non-hydrogen) atoms. The third-order valence-corrected chi connectivity index (χ3v) is 2.09. The van der Waals surface area contributed by atoms with Gasteiger partial charge in [-0.2, -0.15) is 0 Å². The maximum atomic E-state index is 9.03. The Hall–Kier alpha value is -1.62. The van der Waals surface area contributed by atoms with Gasteiger partial charge in [-0.05, 0) is 24.3 Å². The lowest BCUT2D eigenvalue weighted by Gasteiger charge is -2.00. The van der Waals surface area contributed by atoms with E-state index >= 15 is 0 Å². The summed E-state index contributed by atoms with van der Waals surface area (Å²) >= 11 is 1.43. The third kappa shape index (κ3) is 1.94. The molecule has 0 atom stereocenters. The summed E-state index contributed by atoms with van der Waals surface area (Å²) in [5, 5.41) is 20.3. The number of nitrogens with one attached hydrogen (secondary N) is 1. The van der Waals surface area contributed by atoms with E-state index in [2.05, 4.69) is 15.5 Å². The number of phenolic OH excluding ortho intramolecular Hbond substituents is 1. The number of anilines is 2. The molecule has 5 heteroatoms. The molecule has 66 valence electrons. The molecule has 0 saturated heterocycles. The predicted molar refractivity (Wildman–Crippen MR) is 51.3 cm³/mol. The van der Waals surface area contributed by atoms with Crippen LogP contribution in [0.15, 0.2) is 29.8 Å². The fourth-order valence-corrected chi connectivity index (χ4v) is 1.36. The van der Waals surface area contributed by atoms with E-state index < -0.39 is 0 Å². The van der Waals surface area contributed by atoms with E-state index in [1.54, 1.807) is 29.8 Å². The number of rotatable bonds is 2. The van der Waals surface area contributed by atoms with Crippen molar-refractivity contribution in [3.63, 3.8) is 0 Å². The van der Waals surface area contributed by atoms with Crippen molar-refractivity contribution >= 4 is 22.2 Å². The van der Waals surface area contributed by atoms with E-state index in [1.165, 1.54) is 11.3 Å². The Morgan fingerprint density at radius 1 is 1.23 bits per heavy atom. The molecule has 4 nitrogen and oxygen atoms in total. The van der Waals surface area contributed by atoms with Gasteiger partial charge in [-0.15, -0.1) is 10.2 Å². The zero-order chi connectivity index (χ0) is 9.10. The van der Waals surface area contributed by atoms with Crippen LogP contribution in [0.5, 0.6) is 5.75 Å². The van der Waals surface area contributed by atoms with Gasteiger partial charge >= 0.3 is 0 Å². The summed E-state index contributed by atoms with van der Waals surface area (Å²) in [6.07, 6.45) is 0. The fourth-order valence-electron chi connectivity index (χ4n) is 0.896. The van der Waals surface area contributed by atoms with Crippen molar-refractivity contribution in [1.29, 1.82) is 0 Å². The number of aromatic nitrogens is 2. The first-order valence-corrected chi connectivity index (χ1v) is 4.55. The molecule has 1 aromatic heterocycles. The monoisotopic (exact) mass is 193 g/mol. The minimum atomic E-state index is 0.253. The Bertz CT molecular complexity index is 371. The van der Waals surface area contributed by atoms with Gasteiger partial charge in [0.05, 0.1) is 0 Å². The first kappa shape index (κ1) is 8.00. The zero-order valence-corrected chi connectivity index (χ0v) is 7.45. The topological polar surface area (TPSA) is 58.0 Å². The van der Waals surface area contributed by atoms with Crippen LogP contribution in [0.3, 0.4) is 0 Å². The van der Waals surface area contributed by atoms with Crippen molar-refractivity contribution < 1.29 is 5.11 Å². The van der Waals surface area contributed by atoms with E-state index in [1.807, 2.05) is 0 Å². The maximum absolute atomic E-state index is 9.03. The molecule has 1 aromatic carbocycles. The van der Waals surface area contributed by atoms with E-state index in [9.17, 15) is 0 Å². The normalized spacial score (nSPS) is 9.85. The summed E-state index contributed by atoms with van der Waals surface area (Å²) in [4.78, 5) is 0. The van der Waals surface area contributed by atoms with Crippen molar-refractivity contribution in [3.05, 3.63) is 29.8 Å². The minimum absolute atomic E-state index is 0.253. The average molecular weight is 193 g/mol. The summed E-state index contributed by atoms with van der Waals surface area (Å²) in [7, 11) is 0. The Balaban J connectivity index is 2.15. The maximum Gasteiger partial charge on any atom is 0.209 e. The lowest BCUT2D eigenvalue weighted by atomic mass is 10.3. The molecule has 0 radical (unpaired) electrons. The van der Waals surface area contributed by atoms with Crippen LogP contribution in [0, 0.1) is 0 Å². The molecule has 2 rings (SSSR count). The highest BCUT2D eigenvalue weighted by atomic mass is 32.1. The molecule has 1 heterocycles. The summed E-state index contributed by atoms with van der Waals surface area (Å²) < 4.78 is 0. The average Bonchev–Trinajstić information content (AvgIpc) is 2.62. The minimum Gasteiger partial charge on any atom is -0.508 e. The second-order valence-corrected chi connectivity index (χ2v) is 3.25. The predicted octanol–water partition coefficient (Wildman–Crippen LogP) is 1.99. The summed E-state index contributed by atoms with van der Waals surface area (Å²) in [5.41, 5.74) is 2.54. The van der Waals surface area contributed by atoms with Crippen molar-refractivity contribution in [2.45, 2.75) is 0 Å². The number of benzene rings is 1. The zero-order valence-electron chi connectivity index (χ0n) is 6.64. The third-order valence-electron chi connectivity index (χ3n) is 1.48. The number of hydrogen-bond acceptors (Lipinski definition) is 5. The molecule has 0 aliphatic carbocycles. The van der Waals surface area contributed by atoms with Crippen molar-refractivity contribution in [2.24, 2.45) is 0 Å². The number of nitrogens with zero attached hydrogens (tertiary/aromatic N) is 2. The van der Waals surface area contributed by atoms with Crippen LogP contribution >= 0.6 is 11.3 Å². The van der Waals surface area contributed by atoms with E-state index in [4.69, 9.17) is 5.11 Å². The molecule has 0 amide bonds. The highest BCUT2D eigenvalue weighted by molar-refractivity contribution is 7.13. The lowest BCUT2D eigenvalue weighted by molar-refractivity contribution is 0.475. The first-order valence-electron chi connectivity index (χ1n) is 3.67. The lowest BCUT2D eigenvalue weighted by Crippen LogP contribution is -1.88. The summed E-state index contributed by atoms with van der Waals surface area (Å²) in [5.74, 6) is 0.253. The summed E-state index contributed by atoms with van der Waals surface area (Å²) in [6, 6.07) is 6.78. The number of phenols is 1. The van der Waals surface area contributed by atoms with Crippen molar-refractivity contribution in [2.75, 3.05) is 5.32 Å². The Labute approximate surface area is 78.9 Å². The molecule has 2 aromatic rings. The van der Waals surface area contributed by atoms with Gasteiger partial charge in [0.1, 0.15) is 11.3 Å². The van der Waals surface area contributed by atoms with Gasteiger partial charge in [0.2, 0.25) is 5.13 Å². The van der Waals surface area contributed by atoms with E-state index in [-0.39, 0.29) is 5.75 Å². The first-order chi connectivity index (χ1) is 6.34. The molecule has 0 aliphatic heterocycles. The molecule has 0 saturated carbocycles. The van der Waals surface area contributed by atoms with Crippen LogP contribution in [-0.4, -0.2) is 15.3 Å². The van der Waals surface area contributed by atoms with Gasteiger partial charge in [0.25, 0.3) is 0 Å². The second-order valence-electron chi connectivity index (χ2n) is 2.42. The van der Waals surface area contributed by atoms with Crippen LogP contribution in [0.25, 0.3) is 0 Å². The van der Waals surface area contributed by atoms with Crippen LogP contribution in [0.1, 0.15) is 0 Å². The summed E-state index contributed by atoms with van der Waals surface area (Å²) in [6.45, 7) is 0. The van der Waals surface area contributed by atoms with Gasteiger partial charge in [-0.1, -0.05) is 11.3 Å². The number of aromatic hydroxyl groups is 1. The van der Waals surface area contributed by atoms with E-state index in [0.717, 1.165) is 10.8 Å². The SMILES string of the molecule is Oc1ccc(Nc2nncs2)cc1. The Morgan fingerprint density at radius 2 is 2.00 bits per heavy atom. The van der Waals surface area contributed by atoms with Gasteiger partial charge < -0.3 is 10.4 Å². The van der Waals surface area contributed by atoms with Gasteiger partial charge in [-0.3, -0.25) is 0 Å². The molecule has 0 fully saturated rings. The van der Waals surface area contributed by atoms with Crippen molar-refractivity contribution in [3.8, 4) is 5.75 Å². The Morgan fingerprint density at radius 3 is 2.62 bits per heavy atom. The highest BCUT2D eigenvalue weighted by Gasteiger charge is 1.96. The van der Waals surface area contributed by atoms with Crippen LogP contribution in [0.2, 0.25) is 0 Å². The molecular weight excluding hydrogens is 186 g/mol.